The molecule has 0 radical (unpaired) electrons. The van der Waals surface area contributed by atoms with E-state index in [1.165, 1.54) is 6.07 Å². The number of methoxy groups -OCH3 is 3. The van der Waals surface area contributed by atoms with Crippen LogP contribution in [0.25, 0.3) is 0 Å². The van der Waals surface area contributed by atoms with E-state index in [9.17, 15) is 9.59 Å². The zero-order valence-electron chi connectivity index (χ0n) is 21.7. The number of thiophene rings is 1. The Labute approximate surface area is 237 Å². The molecule has 0 bridgehead atoms. The van der Waals surface area contributed by atoms with Crippen molar-refractivity contribution in [2.24, 2.45) is 0 Å². The van der Waals surface area contributed by atoms with E-state index in [1.807, 2.05) is 35.7 Å². The summed E-state index contributed by atoms with van der Waals surface area (Å²) < 4.78 is 15.9. The highest BCUT2D eigenvalue weighted by Gasteiger charge is 2.23. The molecular formula is C28H32Cl2N2O5S. The number of nitrogens with zero attached hydrogens (tertiary/aromatic N) is 2. The van der Waals surface area contributed by atoms with Crippen molar-refractivity contribution in [3.8, 4) is 11.5 Å². The van der Waals surface area contributed by atoms with E-state index in [0.29, 0.717) is 61.2 Å². The summed E-state index contributed by atoms with van der Waals surface area (Å²) >= 11 is 13.8. The Morgan fingerprint density at radius 2 is 1.68 bits per heavy atom. The van der Waals surface area contributed by atoms with Gasteiger partial charge in [-0.3, -0.25) is 9.59 Å². The first-order valence-corrected chi connectivity index (χ1v) is 13.7. The van der Waals surface area contributed by atoms with Crippen molar-refractivity contribution in [2.45, 2.75) is 19.4 Å². The average Bonchev–Trinajstić information content (AvgIpc) is 3.44. The lowest BCUT2D eigenvalue weighted by atomic mass is 10.1. The molecule has 0 spiro atoms. The zero-order valence-corrected chi connectivity index (χ0v) is 24.1. The minimum Gasteiger partial charge on any atom is -0.493 e. The third-order valence-corrected chi connectivity index (χ3v) is 7.55. The van der Waals surface area contributed by atoms with E-state index < -0.39 is 0 Å². The Bertz CT molecular complexity index is 1210. The van der Waals surface area contributed by atoms with Crippen LogP contribution < -0.4 is 9.47 Å². The number of rotatable bonds is 14. The molecule has 3 rings (SSSR count). The maximum atomic E-state index is 13.6. The summed E-state index contributed by atoms with van der Waals surface area (Å²) in [5.74, 6) is 0.849. The minimum absolute atomic E-state index is 0.0693. The molecule has 204 valence electrons. The van der Waals surface area contributed by atoms with Gasteiger partial charge in [0.25, 0.3) is 5.91 Å². The molecule has 0 saturated heterocycles. The first kappa shape index (κ1) is 29.8. The number of hydrogen-bond acceptors (Lipinski definition) is 6. The summed E-state index contributed by atoms with van der Waals surface area (Å²) in [6, 6.07) is 14.4. The van der Waals surface area contributed by atoms with Gasteiger partial charge in [0, 0.05) is 37.2 Å². The summed E-state index contributed by atoms with van der Waals surface area (Å²) in [5, 5.41) is 2.63. The van der Waals surface area contributed by atoms with Crippen LogP contribution in [0.4, 0.5) is 0 Å². The van der Waals surface area contributed by atoms with Crippen LogP contribution >= 0.6 is 34.5 Å². The number of amides is 2. The van der Waals surface area contributed by atoms with Gasteiger partial charge in [0.1, 0.15) is 6.54 Å². The number of ether oxygens (including phenoxy) is 3. The fourth-order valence-corrected chi connectivity index (χ4v) is 4.93. The Kier molecular flexibility index (Phi) is 11.7. The van der Waals surface area contributed by atoms with Crippen LogP contribution in [0.5, 0.6) is 11.5 Å². The predicted molar refractivity (Wildman–Crippen MR) is 152 cm³/mol. The van der Waals surface area contributed by atoms with Gasteiger partial charge < -0.3 is 24.0 Å². The molecule has 2 aromatic carbocycles. The molecule has 0 aliphatic rings. The normalized spacial score (nSPS) is 10.8. The lowest BCUT2D eigenvalue weighted by Gasteiger charge is -2.28. The van der Waals surface area contributed by atoms with Crippen LogP contribution in [0.2, 0.25) is 10.0 Å². The Morgan fingerprint density at radius 1 is 0.895 bits per heavy atom. The van der Waals surface area contributed by atoms with Crippen LogP contribution in [0.3, 0.4) is 0 Å². The van der Waals surface area contributed by atoms with Crippen molar-refractivity contribution in [3.05, 3.63) is 80.0 Å². The highest BCUT2D eigenvalue weighted by atomic mass is 35.5. The Hall–Kier alpha value is -2.78. The summed E-state index contributed by atoms with van der Waals surface area (Å²) in [6.45, 7) is 1.69. The number of benzene rings is 2. The van der Waals surface area contributed by atoms with E-state index in [-0.39, 0.29) is 23.4 Å². The number of carbonyl (C=O) groups excluding carboxylic acids is 2. The molecule has 0 N–H and O–H groups in total. The standard InChI is InChI=1S/C28H32Cl2N2O5S/c1-35-14-5-12-32(28(34)21-8-9-23(29)24(30)17-21)19-27(33)31(18-22-6-4-15-38-22)13-11-20-7-10-25(36-2)26(16-20)37-3/h4,6-10,15-17H,5,11-14,18-19H2,1-3H3. The molecule has 10 heteroatoms. The largest absolute Gasteiger partial charge is 0.493 e. The van der Waals surface area contributed by atoms with E-state index in [2.05, 4.69) is 0 Å². The second-order valence-electron chi connectivity index (χ2n) is 8.54. The van der Waals surface area contributed by atoms with Gasteiger partial charge in [-0.15, -0.1) is 11.3 Å². The quantitative estimate of drug-likeness (QED) is 0.225. The molecular weight excluding hydrogens is 547 g/mol. The highest BCUT2D eigenvalue weighted by Crippen LogP contribution is 2.28. The lowest BCUT2D eigenvalue weighted by molar-refractivity contribution is -0.132. The smallest absolute Gasteiger partial charge is 0.254 e. The lowest BCUT2D eigenvalue weighted by Crippen LogP contribution is -2.44. The SMILES string of the molecule is COCCCN(CC(=O)N(CCc1ccc(OC)c(OC)c1)Cc1cccs1)C(=O)c1ccc(Cl)c(Cl)c1. The van der Waals surface area contributed by atoms with E-state index in [0.717, 1.165) is 10.4 Å². The molecule has 0 aliphatic heterocycles. The van der Waals surface area contributed by atoms with Gasteiger partial charge in [-0.25, -0.2) is 0 Å². The first-order chi connectivity index (χ1) is 18.4. The number of halogens is 2. The molecule has 0 fully saturated rings. The summed E-state index contributed by atoms with van der Waals surface area (Å²) in [6.07, 6.45) is 1.20. The van der Waals surface area contributed by atoms with Crippen LogP contribution in [-0.2, 0) is 22.5 Å². The van der Waals surface area contributed by atoms with Crippen LogP contribution in [0.1, 0.15) is 27.2 Å². The molecule has 2 amide bonds. The second-order valence-corrected chi connectivity index (χ2v) is 10.4. The minimum atomic E-state index is -0.288. The van der Waals surface area contributed by atoms with Gasteiger partial charge >= 0.3 is 0 Å². The van der Waals surface area contributed by atoms with Gasteiger partial charge in [-0.05, 0) is 60.2 Å². The summed E-state index contributed by atoms with van der Waals surface area (Å²) in [7, 11) is 4.79. The zero-order chi connectivity index (χ0) is 27.5. The van der Waals surface area contributed by atoms with Crippen molar-refractivity contribution in [3.63, 3.8) is 0 Å². The van der Waals surface area contributed by atoms with E-state index in [4.69, 9.17) is 37.4 Å². The molecule has 1 aromatic heterocycles. The number of carbonyl (C=O) groups is 2. The Balaban J connectivity index is 1.79. The van der Waals surface area contributed by atoms with Crippen molar-refractivity contribution in [2.75, 3.05) is 47.6 Å². The molecule has 0 unspecified atom stereocenters. The summed E-state index contributed by atoms with van der Waals surface area (Å²) in [4.78, 5) is 31.4. The molecule has 0 atom stereocenters. The van der Waals surface area contributed by atoms with Crippen molar-refractivity contribution >= 4 is 46.4 Å². The van der Waals surface area contributed by atoms with E-state index >= 15 is 0 Å². The van der Waals surface area contributed by atoms with Gasteiger partial charge in [0.05, 0.1) is 30.8 Å². The average molecular weight is 580 g/mol. The second kappa shape index (κ2) is 15.0. The monoisotopic (exact) mass is 578 g/mol. The maximum absolute atomic E-state index is 13.6. The molecule has 7 nitrogen and oxygen atoms in total. The molecule has 38 heavy (non-hydrogen) atoms. The summed E-state index contributed by atoms with van der Waals surface area (Å²) in [5.41, 5.74) is 1.38. The fraction of sp³-hybridized carbons (Fsp3) is 0.357. The third-order valence-electron chi connectivity index (χ3n) is 5.95. The van der Waals surface area contributed by atoms with Gasteiger partial charge in [-0.2, -0.15) is 0 Å². The van der Waals surface area contributed by atoms with E-state index in [1.54, 1.807) is 54.6 Å². The fourth-order valence-electron chi connectivity index (χ4n) is 3.91. The molecule has 3 aromatic rings. The van der Waals surface area contributed by atoms with Gasteiger partial charge in [0.2, 0.25) is 5.91 Å². The van der Waals surface area contributed by atoms with Gasteiger partial charge in [0.15, 0.2) is 11.5 Å². The van der Waals surface area contributed by atoms with Crippen molar-refractivity contribution in [1.29, 1.82) is 0 Å². The molecule has 1 heterocycles. The highest BCUT2D eigenvalue weighted by molar-refractivity contribution is 7.09. The topological polar surface area (TPSA) is 68.3 Å². The Morgan fingerprint density at radius 3 is 2.34 bits per heavy atom. The molecule has 0 aliphatic carbocycles. The first-order valence-electron chi connectivity index (χ1n) is 12.1. The van der Waals surface area contributed by atoms with Crippen molar-refractivity contribution in [1.82, 2.24) is 9.80 Å². The van der Waals surface area contributed by atoms with Crippen molar-refractivity contribution < 1.29 is 23.8 Å². The van der Waals surface area contributed by atoms with Gasteiger partial charge in [-0.1, -0.05) is 35.3 Å². The maximum Gasteiger partial charge on any atom is 0.254 e. The predicted octanol–water partition coefficient (Wildman–Crippen LogP) is 5.82. The van der Waals surface area contributed by atoms with Crippen LogP contribution in [0, 0.1) is 0 Å². The third kappa shape index (κ3) is 8.36. The van der Waals surface area contributed by atoms with Crippen LogP contribution in [0.15, 0.2) is 53.9 Å². The number of hydrogen-bond donors (Lipinski definition) is 0. The molecule has 0 saturated carbocycles. The van der Waals surface area contributed by atoms with Crippen LogP contribution in [-0.4, -0.2) is 69.2 Å².